The lowest BCUT2D eigenvalue weighted by Crippen LogP contribution is -2.15. The third-order valence-electron chi connectivity index (χ3n) is 2.08. The summed E-state index contributed by atoms with van der Waals surface area (Å²) in [5.41, 5.74) is 1.11. The second-order valence-electron chi connectivity index (χ2n) is 3.52. The van der Waals surface area contributed by atoms with E-state index in [2.05, 4.69) is 4.74 Å². The van der Waals surface area contributed by atoms with E-state index in [-0.39, 0.29) is 6.10 Å². The monoisotopic (exact) mass is 224 g/mol. The summed E-state index contributed by atoms with van der Waals surface area (Å²) in [6.45, 7) is 2.74. The number of hydrogen-bond acceptors (Lipinski definition) is 3. The van der Waals surface area contributed by atoms with Gasteiger partial charge in [-0.3, -0.25) is 0 Å². The Morgan fingerprint density at radius 3 is 2.69 bits per heavy atom. The molecule has 1 N–H and O–H groups in total. The van der Waals surface area contributed by atoms with E-state index in [0.717, 1.165) is 5.56 Å². The van der Waals surface area contributed by atoms with Crippen LogP contribution < -0.4 is 0 Å². The summed E-state index contributed by atoms with van der Waals surface area (Å²) in [7, 11) is 0. The van der Waals surface area contributed by atoms with Gasteiger partial charge in [0, 0.05) is 6.42 Å². The first-order valence-electron chi connectivity index (χ1n) is 5.19. The van der Waals surface area contributed by atoms with Gasteiger partial charge < -0.3 is 14.6 Å². The maximum Gasteiger partial charge on any atom is 0.506 e. The van der Waals surface area contributed by atoms with Crippen molar-refractivity contribution < 1.29 is 19.4 Å². The summed E-state index contributed by atoms with van der Waals surface area (Å²) in [6.07, 6.45) is -0.997. The van der Waals surface area contributed by atoms with Crippen LogP contribution in [0.4, 0.5) is 4.79 Å². The number of carboxylic acid groups (broad SMARTS) is 1. The number of carbonyl (C=O) groups is 1. The average Bonchev–Trinajstić information content (AvgIpc) is 2.25. The van der Waals surface area contributed by atoms with Crippen LogP contribution in [0.25, 0.3) is 0 Å². The standard InChI is InChI=1S/C12H16O4/c1-10(16-12(13)14)7-8-15-9-11-5-3-2-4-6-11/h2-6,10H,7-9H2,1H3,(H,13,14)/t10-/m0/s1. The van der Waals surface area contributed by atoms with Crippen LogP contribution in [0.1, 0.15) is 18.9 Å². The molecule has 0 bridgehead atoms. The molecule has 1 atom stereocenters. The third kappa shape index (κ3) is 5.36. The van der Waals surface area contributed by atoms with E-state index in [1.807, 2.05) is 30.3 Å². The molecular weight excluding hydrogens is 208 g/mol. The van der Waals surface area contributed by atoms with Crippen LogP contribution >= 0.6 is 0 Å². The second-order valence-corrected chi connectivity index (χ2v) is 3.52. The van der Waals surface area contributed by atoms with Gasteiger partial charge in [-0.1, -0.05) is 30.3 Å². The van der Waals surface area contributed by atoms with E-state index >= 15 is 0 Å². The number of hydrogen-bond donors (Lipinski definition) is 1. The molecule has 0 heterocycles. The van der Waals surface area contributed by atoms with E-state index in [0.29, 0.717) is 19.6 Å². The largest absolute Gasteiger partial charge is 0.506 e. The van der Waals surface area contributed by atoms with Gasteiger partial charge in [0.1, 0.15) is 6.10 Å². The molecule has 4 nitrogen and oxygen atoms in total. The van der Waals surface area contributed by atoms with Crippen molar-refractivity contribution in [2.24, 2.45) is 0 Å². The molecule has 0 radical (unpaired) electrons. The summed E-state index contributed by atoms with van der Waals surface area (Å²) < 4.78 is 9.94. The van der Waals surface area contributed by atoms with Gasteiger partial charge in [0.15, 0.2) is 0 Å². The van der Waals surface area contributed by atoms with Crippen molar-refractivity contribution in [1.29, 1.82) is 0 Å². The highest BCUT2D eigenvalue weighted by Crippen LogP contribution is 2.03. The number of benzene rings is 1. The normalized spacial score (nSPS) is 12.1. The fourth-order valence-corrected chi connectivity index (χ4v) is 1.24. The molecule has 0 amide bonds. The van der Waals surface area contributed by atoms with Gasteiger partial charge in [0.2, 0.25) is 0 Å². The first-order chi connectivity index (χ1) is 7.68. The fraction of sp³-hybridized carbons (Fsp3) is 0.417. The maximum absolute atomic E-state index is 10.2. The summed E-state index contributed by atoms with van der Waals surface area (Å²) >= 11 is 0. The number of rotatable bonds is 6. The van der Waals surface area contributed by atoms with Crippen LogP contribution in [-0.4, -0.2) is 24.0 Å². The molecular formula is C12H16O4. The molecule has 0 fully saturated rings. The zero-order valence-corrected chi connectivity index (χ0v) is 9.26. The number of ether oxygens (including phenoxy) is 2. The Morgan fingerprint density at radius 1 is 1.38 bits per heavy atom. The predicted octanol–water partition coefficient (Wildman–Crippen LogP) is 2.68. The van der Waals surface area contributed by atoms with Crippen LogP contribution in [0.3, 0.4) is 0 Å². The molecule has 0 aromatic heterocycles. The summed E-state index contributed by atoms with van der Waals surface area (Å²) in [6, 6.07) is 9.82. The van der Waals surface area contributed by atoms with Crippen LogP contribution in [0.5, 0.6) is 0 Å². The van der Waals surface area contributed by atoms with Crippen LogP contribution in [0, 0.1) is 0 Å². The molecule has 0 unspecified atom stereocenters. The second kappa shape index (κ2) is 6.85. The van der Waals surface area contributed by atoms with Gasteiger partial charge in [-0.25, -0.2) is 4.79 Å². The van der Waals surface area contributed by atoms with Crippen LogP contribution in [0.15, 0.2) is 30.3 Å². The van der Waals surface area contributed by atoms with Crippen molar-refractivity contribution in [2.45, 2.75) is 26.1 Å². The van der Waals surface area contributed by atoms with E-state index in [4.69, 9.17) is 9.84 Å². The minimum Gasteiger partial charge on any atom is -0.450 e. The topological polar surface area (TPSA) is 55.8 Å². The van der Waals surface area contributed by atoms with E-state index in [1.54, 1.807) is 6.92 Å². The Bertz CT molecular complexity index is 310. The summed E-state index contributed by atoms with van der Waals surface area (Å²) in [5, 5.41) is 8.36. The van der Waals surface area contributed by atoms with Crippen molar-refractivity contribution >= 4 is 6.16 Å². The Kier molecular flexibility index (Phi) is 5.36. The van der Waals surface area contributed by atoms with Crippen LogP contribution in [0.2, 0.25) is 0 Å². The quantitative estimate of drug-likeness (QED) is 0.596. The zero-order chi connectivity index (χ0) is 11.8. The van der Waals surface area contributed by atoms with E-state index < -0.39 is 6.16 Å². The van der Waals surface area contributed by atoms with E-state index in [9.17, 15) is 4.79 Å². The summed E-state index contributed by atoms with van der Waals surface area (Å²) in [4.78, 5) is 10.2. The molecule has 0 saturated carbocycles. The molecule has 1 aromatic carbocycles. The maximum atomic E-state index is 10.2. The Morgan fingerprint density at radius 2 is 2.06 bits per heavy atom. The average molecular weight is 224 g/mol. The first kappa shape index (κ1) is 12.5. The molecule has 0 aliphatic heterocycles. The highest BCUT2D eigenvalue weighted by atomic mass is 16.7. The lowest BCUT2D eigenvalue weighted by molar-refractivity contribution is 0.0342. The zero-order valence-electron chi connectivity index (χ0n) is 9.26. The minimum absolute atomic E-state index is 0.326. The molecule has 0 aliphatic rings. The Hall–Kier alpha value is -1.55. The molecule has 1 rings (SSSR count). The van der Waals surface area contributed by atoms with Crippen molar-refractivity contribution in [2.75, 3.05) is 6.61 Å². The van der Waals surface area contributed by atoms with Crippen molar-refractivity contribution in [3.05, 3.63) is 35.9 Å². The van der Waals surface area contributed by atoms with Gasteiger partial charge in [-0.05, 0) is 12.5 Å². The van der Waals surface area contributed by atoms with Gasteiger partial charge in [0.05, 0.1) is 13.2 Å². The smallest absolute Gasteiger partial charge is 0.450 e. The Balaban J connectivity index is 2.10. The molecule has 4 heteroatoms. The first-order valence-corrected chi connectivity index (χ1v) is 5.19. The van der Waals surface area contributed by atoms with Crippen LogP contribution in [-0.2, 0) is 16.1 Å². The van der Waals surface area contributed by atoms with Gasteiger partial charge >= 0.3 is 6.16 Å². The van der Waals surface area contributed by atoms with Gasteiger partial charge in [-0.15, -0.1) is 0 Å². The molecule has 88 valence electrons. The Labute approximate surface area is 94.8 Å². The molecule has 1 aromatic rings. The predicted molar refractivity (Wildman–Crippen MR) is 59.3 cm³/mol. The molecule has 0 spiro atoms. The van der Waals surface area contributed by atoms with Gasteiger partial charge in [0.25, 0.3) is 0 Å². The molecule has 0 aliphatic carbocycles. The molecule has 16 heavy (non-hydrogen) atoms. The fourth-order valence-electron chi connectivity index (χ4n) is 1.24. The minimum atomic E-state index is -1.24. The van der Waals surface area contributed by atoms with Crippen molar-refractivity contribution in [3.8, 4) is 0 Å². The van der Waals surface area contributed by atoms with Crippen molar-refractivity contribution in [3.63, 3.8) is 0 Å². The highest BCUT2D eigenvalue weighted by Gasteiger charge is 2.06. The molecule has 0 saturated heterocycles. The third-order valence-corrected chi connectivity index (χ3v) is 2.08. The van der Waals surface area contributed by atoms with Gasteiger partial charge in [-0.2, -0.15) is 0 Å². The highest BCUT2D eigenvalue weighted by molar-refractivity contribution is 5.56. The van der Waals surface area contributed by atoms with Crippen molar-refractivity contribution in [1.82, 2.24) is 0 Å². The lowest BCUT2D eigenvalue weighted by atomic mass is 10.2. The van der Waals surface area contributed by atoms with E-state index in [1.165, 1.54) is 0 Å². The lowest BCUT2D eigenvalue weighted by Gasteiger charge is -2.10. The summed E-state index contributed by atoms with van der Waals surface area (Å²) in [5.74, 6) is 0. The SMILES string of the molecule is C[C@@H](CCOCc1ccccc1)OC(=O)O.